The van der Waals surface area contributed by atoms with E-state index in [1.54, 1.807) is 0 Å². The molecular formula is C13H18N4. The number of hydrogen-bond acceptors (Lipinski definition) is 4. The van der Waals surface area contributed by atoms with E-state index in [0.717, 1.165) is 17.8 Å². The third-order valence-electron chi connectivity index (χ3n) is 3.80. The summed E-state index contributed by atoms with van der Waals surface area (Å²) in [6.45, 7) is 9.18. The molecule has 1 heterocycles. The van der Waals surface area contributed by atoms with Crippen LogP contribution in [0.5, 0.6) is 0 Å². The zero-order valence-corrected chi connectivity index (χ0v) is 10.8. The van der Waals surface area contributed by atoms with Crippen LogP contribution < -0.4 is 5.32 Å². The lowest BCUT2D eigenvalue weighted by molar-refractivity contribution is 0.572. The van der Waals surface area contributed by atoms with Gasteiger partial charge in [-0.05, 0) is 37.2 Å². The summed E-state index contributed by atoms with van der Waals surface area (Å²) in [7, 11) is 0. The zero-order valence-electron chi connectivity index (χ0n) is 10.8. The summed E-state index contributed by atoms with van der Waals surface area (Å²) in [5.41, 5.74) is 2.79. The molecule has 0 amide bonds. The predicted octanol–water partition coefficient (Wildman–Crippen LogP) is 2.42. The van der Waals surface area contributed by atoms with Crippen LogP contribution in [0.1, 0.15) is 37.1 Å². The zero-order chi connectivity index (χ0) is 12.6. The van der Waals surface area contributed by atoms with Gasteiger partial charge in [-0.1, -0.05) is 13.8 Å². The molecule has 0 saturated heterocycles. The highest BCUT2D eigenvalue weighted by Gasteiger charge is 2.45. The molecular weight excluding hydrogens is 212 g/mol. The van der Waals surface area contributed by atoms with Crippen LogP contribution >= 0.6 is 0 Å². The van der Waals surface area contributed by atoms with E-state index in [1.165, 1.54) is 6.42 Å². The van der Waals surface area contributed by atoms with E-state index in [-0.39, 0.29) is 0 Å². The van der Waals surface area contributed by atoms with Gasteiger partial charge in [-0.15, -0.1) is 5.10 Å². The highest BCUT2D eigenvalue weighted by atomic mass is 15.2. The first-order valence-electron chi connectivity index (χ1n) is 5.93. The van der Waals surface area contributed by atoms with Crippen LogP contribution in [0.3, 0.4) is 0 Å². The summed E-state index contributed by atoms with van der Waals surface area (Å²) in [6.07, 6.45) is 1.24. The van der Waals surface area contributed by atoms with E-state index >= 15 is 0 Å². The molecule has 1 N–H and O–H groups in total. The van der Waals surface area contributed by atoms with Crippen LogP contribution in [-0.2, 0) is 0 Å². The monoisotopic (exact) mass is 230 g/mol. The van der Waals surface area contributed by atoms with E-state index in [2.05, 4.69) is 35.4 Å². The van der Waals surface area contributed by atoms with Crippen LogP contribution in [0.2, 0.25) is 0 Å². The van der Waals surface area contributed by atoms with Gasteiger partial charge in [0.1, 0.15) is 11.6 Å². The number of rotatable bonds is 3. The number of nitrogens with one attached hydrogen (secondary N) is 1. The van der Waals surface area contributed by atoms with Crippen molar-refractivity contribution >= 4 is 5.82 Å². The van der Waals surface area contributed by atoms with Crippen molar-refractivity contribution in [2.24, 2.45) is 11.3 Å². The molecule has 1 fully saturated rings. The summed E-state index contributed by atoms with van der Waals surface area (Å²) in [4.78, 5) is 0. The Hall–Kier alpha value is -1.63. The lowest BCUT2D eigenvalue weighted by atomic mass is 10.1. The van der Waals surface area contributed by atoms with E-state index in [9.17, 15) is 0 Å². The van der Waals surface area contributed by atoms with E-state index in [1.807, 2.05) is 13.8 Å². The molecule has 1 aliphatic rings. The molecule has 1 aromatic heterocycles. The van der Waals surface area contributed by atoms with Gasteiger partial charge in [0.25, 0.3) is 0 Å². The minimum absolute atomic E-state index is 0.437. The lowest BCUT2D eigenvalue weighted by Crippen LogP contribution is -2.11. The number of nitrogens with zero attached hydrogens (tertiary/aromatic N) is 3. The van der Waals surface area contributed by atoms with Gasteiger partial charge in [0.05, 0.1) is 5.69 Å². The molecule has 1 atom stereocenters. The van der Waals surface area contributed by atoms with Gasteiger partial charge in [0.2, 0.25) is 0 Å². The first-order chi connectivity index (χ1) is 7.95. The lowest BCUT2D eigenvalue weighted by Gasteiger charge is -2.10. The molecule has 0 spiro atoms. The topological polar surface area (TPSA) is 61.6 Å². The van der Waals surface area contributed by atoms with Crippen molar-refractivity contribution in [3.8, 4) is 6.07 Å². The van der Waals surface area contributed by atoms with Gasteiger partial charge >= 0.3 is 0 Å². The number of nitriles is 1. The largest absolute Gasteiger partial charge is 0.367 e. The molecule has 1 saturated carbocycles. The fourth-order valence-electron chi connectivity index (χ4n) is 2.01. The third-order valence-corrected chi connectivity index (χ3v) is 3.80. The summed E-state index contributed by atoms with van der Waals surface area (Å²) in [5, 5.41) is 20.5. The minimum atomic E-state index is 0.437. The van der Waals surface area contributed by atoms with Gasteiger partial charge in [-0.2, -0.15) is 10.4 Å². The molecule has 4 heteroatoms. The van der Waals surface area contributed by atoms with Gasteiger partial charge in [0, 0.05) is 6.54 Å². The molecule has 0 aromatic carbocycles. The molecule has 2 rings (SSSR count). The van der Waals surface area contributed by atoms with Crippen molar-refractivity contribution in [2.75, 3.05) is 11.9 Å². The van der Waals surface area contributed by atoms with Crippen LogP contribution in [0.25, 0.3) is 0 Å². The first-order valence-corrected chi connectivity index (χ1v) is 5.93. The summed E-state index contributed by atoms with van der Waals surface area (Å²) in [6, 6.07) is 2.20. The smallest absolute Gasteiger partial charge is 0.166 e. The quantitative estimate of drug-likeness (QED) is 0.866. The van der Waals surface area contributed by atoms with Crippen molar-refractivity contribution in [3.05, 3.63) is 16.8 Å². The Morgan fingerprint density at radius 2 is 2.06 bits per heavy atom. The normalized spacial score (nSPS) is 20.8. The molecule has 1 aromatic rings. The average Bonchev–Trinajstić information content (AvgIpc) is 2.88. The Balaban J connectivity index is 2.12. The maximum absolute atomic E-state index is 9.15. The summed E-state index contributed by atoms with van der Waals surface area (Å²) < 4.78 is 0. The van der Waals surface area contributed by atoms with Gasteiger partial charge in [-0.25, -0.2) is 0 Å². The molecule has 17 heavy (non-hydrogen) atoms. The van der Waals surface area contributed by atoms with Crippen LogP contribution in [0.15, 0.2) is 0 Å². The number of aryl methyl sites for hydroxylation is 1. The van der Waals surface area contributed by atoms with Crippen molar-refractivity contribution in [1.82, 2.24) is 10.2 Å². The predicted molar refractivity (Wildman–Crippen MR) is 66.6 cm³/mol. The second kappa shape index (κ2) is 3.99. The molecule has 0 bridgehead atoms. The number of anilines is 1. The maximum atomic E-state index is 9.15. The molecule has 0 radical (unpaired) electrons. The van der Waals surface area contributed by atoms with Crippen molar-refractivity contribution < 1.29 is 0 Å². The molecule has 4 nitrogen and oxygen atoms in total. The fraction of sp³-hybridized carbons (Fsp3) is 0.615. The second-order valence-corrected chi connectivity index (χ2v) is 5.52. The van der Waals surface area contributed by atoms with Crippen LogP contribution in [-0.4, -0.2) is 16.7 Å². The Labute approximate surface area is 102 Å². The van der Waals surface area contributed by atoms with Crippen molar-refractivity contribution in [1.29, 1.82) is 5.26 Å². The van der Waals surface area contributed by atoms with Gasteiger partial charge < -0.3 is 5.32 Å². The highest BCUT2D eigenvalue weighted by Crippen LogP contribution is 2.51. The van der Waals surface area contributed by atoms with Gasteiger partial charge in [-0.3, -0.25) is 0 Å². The summed E-state index contributed by atoms with van der Waals surface area (Å²) in [5.74, 6) is 1.30. The Morgan fingerprint density at radius 1 is 1.41 bits per heavy atom. The SMILES string of the molecule is Cc1nnc(NCC2CC2(C)C)c(C#N)c1C. The molecule has 0 aliphatic heterocycles. The summed E-state index contributed by atoms with van der Waals surface area (Å²) >= 11 is 0. The standard InChI is InChI=1S/C13H18N4/c1-8-9(2)16-17-12(11(8)6-14)15-7-10-5-13(10,3)4/h10H,5,7H2,1-4H3,(H,15,17). The second-order valence-electron chi connectivity index (χ2n) is 5.52. The first kappa shape index (κ1) is 11.8. The Morgan fingerprint density at radius 3 is 2.59 bits per heavy atom. The molecule has 90 valence electrons. The third kappa shape index (κ3) is 2.23. The van der Waals surface area contributed by atoms with E-state index in [4.69, 9.17) is 5.26 Å². The van der Waals surface area contributed by atoms with E-state index < -0.39 is 0 Å². The fourth-order valence-corrected chi connectivity index (χ4v) is 2.01. The highest BCUT2D eigenvalue weighted by molar-refractivity contribution is 5.55. The van der Waals surface area contributed by atoms with Crippen molar-refractivity contribution in [3.63, 3.8) is 0 Å². The van der Waals surface area contributed by atoms with Gasteiger partial charge in [0.15, 0.2) is 5.82 Å². The maximum Gasteiger partial charge on any atom is 0.166 e. The molecule has 1 aliphatic carbocycles. The van der Waals surface area contributed by atoms with Crippen LogP contribution in [0, 0.1) is 36.5 Å². The Kier molecular flexibility index (Phi) is 2.78. The number of hydrogen-bond donors (Lipinski definition) is 1. The Bertz CT molecular complexity index is 485. The minimum Gasteiger partial charge on any atom is -0.367 e. The average molecular weight is 230 g/mol. The number of aromatic nitrogens is 2. The van der Waals surface area contributed by atoms with E-state index in [0.29, 0.717) is 22.7 Å². The van der Waals surface area contributed by atoms with Crippen molar-refractivity contribution in [2.45, 2.75) is 34.1 Å². The van der Waals surface area contributed by atoms with Crippen LogP contribution in [0.4, 0.5) is 5.82 Å². The molecule has 1 unspecified atom stereocenters.